The second kappa shape index (κ2) is 5.52. The summed E-state index contributed by atoms with van der Waals surface area (Å²) >= 11 is 3.35. The Hall–Kier alpha value is -1.42. The van der Waals surface area contributed by atoms with Gasteiger partial charge in [-0.2, -0.15) is 0 Å². The molecule has 0 spiro atoms. The van der Waals surface area contributed by atoms with Crippen LogP contribution in [0.1, 0.15) is 39.0 Å². The van der Waals surface area contributed by atoms with Crippen LogP contribution >= 0.6 is 15.9 Å². The monoisotopic (exact) mass is 334 g/mol. The summed E-state index contributed by atoms with van der Waals surface area (Å²) in [6.45, 7) is 8.25. The molecular weight excluding hydrogens is 316 g/mol. The molecule has 2 aromatic rings. The molecule has 0 aliphatic heterocycles. The SMILES string of the molecule is CCc1ccccc1-c1nc(C(C)(C)C)c(Br)c(=O)[nH]1. The lowest BCUT2D eigenvalue weighted by molar-refractivity contribution is 0.562. The molecule has 1 aromatic carbocycles. The lowest BCUT2D eigenvalue weighted by Crippen LogP contribution is -2.22. The van der Waals surface area contributed by atoms with Crippen molar-refractivity contribution < 1.29 is 0 Å². The van der Waals surface area contributed by atoms with Crippen LogP contribution < -0.4 is 5.56 Å². The summed E-state index contributed by atoms with van der Waals surface area (Å²) in [5.74, 6) is 0.639. The van der Waals surface area contributed by atoms with E-state index in [4.69, 9.17) is 0 Å². The van der Waals surface area contributed by atoms with Crippen molar-refractivity contribution in [2.75, 3.05) is 0 Å². The minimum atomic E-state index is -0.191. The zero-order valence-corrected chi connectivity index (χ0v) is 13.8. The Bertz CT molecular complexity index is 684. The Balaban J connectivity index is 2.71. The molecule has 0 unspecified atom stereocenters. The number of H-pyrrole nitrogens is 1. The van der Waals surface area contributed by atoms with E-state index >= 15 is 0 Å². The van der Waals surface area contributed by atoms with Gasteiger partial charge < -0.3 is 4.98 Å². The lowest BCUT2D eigenvalue weighted by Gasteiger charge is -2.20. The average Bonchev–Trinajstić information content (AvgIpc) is 2.40. The summed E-state index contributed by atoms with van der Waals surface area (Å²) in [4.78, 5) is 19.7. The maximum Gasteiger partial charge on any atom is 0.265 e. The van der Waals surface area contributed by atoms with E-state index in [0.29, 0.717) is 10.3 Å². The first-order valence-electron chi connectivity index (χ1n) is 6.73. The third-order valence-corrected chi connectivity index (χ3v) is 3.96. The number of aryl methyl sites for hydroxylation is 1. The molecule has 1 heterocycles. The zero-order valence-electron chi connectivity index (χ0n) is 12.2. The maximum atomic E-state index is 12.1. The van der Waals surface area contributed by atoms with Crippen LogP contribution in [0, 0.1) is 0 Å². The number of hydrogen-bond donors (Lipinski definition) is 1. The summed E-state index contributed by atoms with van der Waals surface area (Å²) in [5.41, 5.74) is 2.62. The highest BCUT2D eigenvalue weighted by atomic mass is 79.9. The largest absolute Gasteiger partial charge is 0.306 e. The Morgan fingerprint density at radius 1 is 1.25 bits per heavy atom. The molecule has 0 fully saturated rings. The van der Waals surface area contributed by atoms with Gasteiger partial charge in [-0.15, -0.1) is 0 Å². The van der Waals surface area contributed by atoms with Gasteiger partial charge in [0.15, 0.2) is 0 Å². The van der Waals surface area contributed by atoms with Crippen LogP contribution in [0.3, 0.4) is 0 Å². The highest BCUT2D eigenvalue weighted by Gasteiger charge is 2.22. The molecule has 1 aromatic heterocycles. The minimum Gasteiger partial charge on any atom is -0.306 e. The Morgan fingerprint density at radius 2 is 1.90 bits per heavy atom. The summed E-state index contributed by atoms with van der Waals surface area (Å²) in [7, 11) is 0. The van der Waals surface area contributed by atoms with E-state index < -0.39 is 0 Å². The number of halogens is 1. The molecule has 0 atom stereocenters. The van der Waals surface area contributed by atoms with Gasteiger partial charge in [0.05, 0.1) is 5.69 Å². The van der Waals surface area contributed by atoms with Crippen LogP contribution in [0.2, 0.25) is 0 Å². The van der Waals surface area contributed by atoms with Crippen LogP contribution in [0.15, 0.2) is 33.5 Å². The van der Waals surface area contributed by atoms with Gasteiger partial charge in [-0.05, 0) is 27.9 Å². The molecule has 0 amide bonds. The topological polar surface area (TPSA) is 45.8 Å². The zero-order chi connectivity index (χ0) is 14.9. The van der Waals surface area contributed by atoms with Crippen molar-refractivity contribution in [3.8, 4) is 11.4 Å². The first kappa shape index (κ1) is 15.0. The van der Waals surface area contributed by atoms with Gasteiger partial charge in [0, 0.05) is 11.0 Å². The van der Waals surface area contributed by atoms with Crippen molar-refractivity contribution in [1.29, 1.82) is 0 Å². The predicted molar refractivity (Wildman–Crippen MR) is 86.1 cm³/mol. The van der Waals surface area contributed by atoms with E-state index in [1.54, 1.807) is 0 Å². The number of benzene rings is 1. The van der Waals surface area contributed by atoms with Gasteiger partial charge in [0.2, 0.25) is 0 Å². The molecule has 0 saturated heterocycles. The van der Waals surface area contributed by atoms with Gasteiger partial charge in [-0.25, -0.2) is 4.98 Å². The fourth-order valence-corrected chi connectivity index (χ4v) is 2.93. The first-order valence-corrected chi connectivity index (χ1v) is 7.52. The van der Waals surface area contributed by atoms with Crippen molar-refractivity contribution in [2.24, 2.45) is 0 Å². The standard InChI is InChI=1S/C16H19BrN2O/c1-5-10-8-6-7-9-11(10)14-18-13(16(2,3)4)12(17)15(20)19-14/h6-9H,5H2,1-4H3,(H,18,19,20). The van der Waals surface area contributed by atoms with Gasteiger partial charge >= 0.3 is 0 Å². The molecule has 0 aliphatic rings. The summed E-state index contributed by atoms with van der Waals surface area (Å²) in [6, 6.07) is 8.03. The van der Waals surface area contributed by atoms with Gasteiger partial charge in [0.25, 0.3) is 5.56 Å². The van der Waals surface area contributed by atoms with E-state index in [0.717, 1.165) is 17.7 Å². The van der Waals surface area contributed by atoms with Crippen molar-refractivity contribution in [3.63, 3.8) is 0 Å². The second-order valence-corrected chi connectivity index (χ2v) is 6.63. The fourth-order valence-electron chi connectivity index (χ4n) is 2.14. The number of aromatic amines is 1. The molecule has 4 heteroatoms. The Morgan fingerprint density at radius 3 is 2.50 bits per heavy atom. The third kappa shape index (κ3) is 2.85. The van der Waals surface area contributed by atoms with E-state index in [1.165, 1.54) is 5.56 Å². The first-order chi connectivity index (χ1) is 9.34. The predicted octanol–water partition coefficient (Wildman–Crippen LogP) is 4.06. The molecule has 0 bridgehead atoms. The number of hydrogen-bond acceptors (Lipinski definition) is 2. The minimum absolute atomic E-state index is 0.133. The van der Waals surface area contributed by atoms with Crippen molar-refractivity contribution >= 4 is 15.9 Å². The van der Waals surface area contributed by atoms with E-state index in [9.17, 15) is 4.79 Å². The molecule has 106 valence electrons. The molecule has 20 heavy (non-hydrogen) atoms. The third-order valence-electron chi connectivity index (χ3n) is 3.23. The van der Waals surface area contributed by atoms with Crippen LogP contribution in [-0.2, 0) is 11.8 Å². The quantitative estimate of drug-likeness (QED) is 0.900. The fraction of sp³-hybridized carbons (Fsp3) is 0.375. The number of rotatable bonds is 2. The van der Waals surface area contributed by atoms with Crippen LogP contribution in [0.4, 0.5) is 0 Å². The van der Waals surface area contributed by atoms with Gasteiger partial charge in [0.1, 0.15) is 10.3 Å². The van der Waals surface area contributed by atoms with Gasteiger partial charge in [-0.3, -0.25) is 4.79 Å². The lowest BCUT2D eigenvalue weighted by atomic mass is 9.92. The number of nitrogens with one attached hydrogen (secondary N) is 1. The summed E-state index contributed by atoms with van der Waals surface area (Å²) in [6.07, 6.45) is 0.904. The van der Waals surface area contributed by atoms with Crippen molar-refractivity contribution in [3.05, 3.63) is 50.3 Å². The van der Waals surface area contributed by atoms with Crippen molar-refractivity contribution in [1.82, 2.24) is 9.97 Å². The second-order valence-electron chi connectivity index (χ2n) is 5.84. The highest BCUT2D eigenvalue weighted by Crippen LogP contribution is 2.28. The molecule has 2 rings (SSSR count). The molecule has 0 saturated carbocycles. The normalized spacial score (nSPS) is 11.7. The highest BCUT2D eigenvalue weighted by molar-refractivity contribution is 9.10. The Kier molecular flexibility index (Phi) is 4.14. The van der Waals surface area contributed by atoms with Crippen LogP contribution in [0.25, 0.3) is 11.4 Å². The number of nitrogens with zero attached hydrogens (tertiary/aromatic N) is 1. The summed E-state index contributed by atoms with van der Waals surface area (Å²) in [5, 5.41) is 0. The van der Waals surface area contributed by atoms with E-state index in [1.807, 2.05) is 18.2 Å². The Labute approximate surface area is 127 Å². The smallest absolute Gasteiger partial charge is 0.265 e. The molecular formula is C16H19BrN2O. The molecule has 0 aliphatic carbocycles. The molecule has 3 nitrogen and oxygen atoms in total. The maximum absolute atomic E-state index is 12.1. The van der Waals surface area contributed by atoms with E-state index in [-0.39, 0.29) is 11.0 Å². The molecule has 1 N–H and O–H groups in total. The van der Waals surface area contributed by atoms with E-state index in [2.05, 4.69) is 59.7 Å². The number of aromatic nitrogens is 2. The average molecular weight is 335 g/mol. The van der Waals surface area contributed by atoms with Gasteiger partial charge in [-0.1, -0.05) is 52.0 Å². The van der Waals surface area contributed by atoms with Crippen molar-refractivity contribution in [2.45, 2.75) is 39.5 Å². The van der Waals surface area contributed by atoms with Crippen LogP contribution in [0.5, 0.6) is 0 Å². The molecule has 0 radical (unpaired) electrons. The summed E-state index contributed by atoms with van der Waals surface area (Å²) < 4.78 is 0.516. The van der Waals surface area contributed by atoms with Crippen LogP contribution in [-0.4, -0.2) is 9.97 Å².